The molecule has 166 valence electrons. The topological polar surface area (TPSA) is 87.7 Å². The van der Waals surface area contributed by atoms with E-state index < -0.39 is 47.0 Å². The molecule has 0 saturated carbocycles. The fourth-order valence-corrected chi connectivity index (χ4v) is 5.34. The van der Waals surface area contributed by atoms with Crippen LogP contribution in [0.1, 0.15) is 19.4 Å². The summed E-state index contributed by atoms with van der Waals surface area (Å²) in [6.07, 6.45) is -0.617. The van der Waals surface area contributed by atoms with Gasteiger partial charge in [0.15, 0.2) is 5.41 Å². The summed E-state index contributed by atoms with van der Waals surface area (Å²) in [6.45, 7) is 4.14. The third-order valence-electron chi connectivity index (χ3n) is 6.55. The predicted molar refractivity (Wildman–Crippen MR) is 111 cm³/mol. The van der Waals surface area contributed by atoms with Gasteiger partial charge >= 0.3 is 6.03 Å². The number of nitrogens with one attached hydrogen (secondary N) is 2. The molecule has 32 heavy (non-hydrogen) atoms. The number of imide groups is 2. The van der Waals surface area contributed by atoms with Crippen molar-refractivity contribution >= 4 is 23.5 Å². The average Bonchev–Trinajstić information content (AvgIpc) is 2.71. The number of carbonyl (C=O) groups excluding carboxylic acids is 3. The lowest BCUT2D eigenvalue weighted by Gasteiger charge is -2.55. The van der Waals surface area contributed by atoms with Gasteiger partial charge < -0.3 is 9.64 Å². The molecule has 5 rings (SSSR count). The fraction of sp³-hybridized carbons (Fsp3) is 0.348. The molecule has 0 unspecified atom stereocenters. The second-order valence-electron chi connectivity index (χ2n) is 8.60. The Bertz CT molecular complexity index is 1150. The molecule has 3 heterocycles. The molecule has 9 heteroatoms. The van der Waals surface area contributed by atoms with Crippen LogP contribution in [-0.2, 0) is 20.7 Å². The lowest BCUT2D eigenvalue weighted by molar-refractivity contribution is -0.153. The van der Waals surface area contributed by atoms with E-state index in [-0.39, 0.29) is 18.1 Å². The van der Waals surface area contributed by atoms with E-state index in [1.165, 1.54) is 12.1 Å². The molecular weight excluding hydrogens is 420 g/mol. The lowest BCUT2D eigenvalue weighted by atomic mass is 9.66. The summed E-state index contributed by atoms with van der Waals surface area (Å²) in [5.74, 6) is -2.76. The second-order valence-corrected chi connectivity index (χ2v) is 8.60. The summed E-state index contributed by atoms with van der Waals surface area (Å²) in [6, 6.07) is 7.12. The summed E-state index contributed by atoms with van der Waals surface area (Å²) in [7, 11) is 0. The average molecular weight is 441 g/mol. The van der Waals surface area contributed by atoms with Crippen LogP contribution in [0.3, 0.4) is 0 Å². The number of barbiturate groups is 1. The lowest BCUT2D eigenvalue weighted by Crippen LogP contribution is -2.75. The van der Waals surface area contributed by atoms with Gasteiger partial charge in [-0.3, -0.25) is 20.2 Å². The van der Waals surface area contributed by atoms with Crippen LogP contribution in [0.5, 0.6) is 0 Å². The van der Waals surface area contributed by atoms with Gasteiger partial charge in [0, 0.05) is 23.9 Å². The van der Waals surface area contributed by atoms with Crippen molar-refractivity contribution in [2.45, 2.75) is 38.5 Å². The maximum atomic E-state index is 14.4. The first-order valence-electron chi connectivity index (χ1n) is 10.4. The number of nitrogens with zero attached hydrogens (tertiary/aromatic N) is 1. The first-order valence-corrected chi connectivity index (χ1v) is 10.4. The van der Waals surface area contributed by atoms with Crippen molar-refractivity contribution in [3.63, 3.8) is 0 Å². The third kappa shape index (κ3) is 2.91. The van der Waals surface area contributed by atoms with E-state index in [1.54, 1.807) is 19.1 Å². The minimum atomic E-state index is -1.60. The van der Waals surface area contributed by atoms with Gasteiger partial charge in [-0.2, -0.15) is 0 Å². The van der Waals surface area contributed by atoms with E-state index in [1.807, 2.05) is 17.9 Å². The Labute approximate surface area is 182 Å². The first-order chi connectivity index (χ1) is 15.2. The Morgan fingerprint density at radius 3 is 2.44 bits per heavy atom. The number of amides is 4. The summed E-state index contributed by atoms with van der Waals surface area (Å²) in [5.41, 5.74) is 0.578. The molecule has 0 radical (unpaired) electrons. The highest BCUT2D eigenvalue weighted by atomic mass is 19.1. The molecule has 0 bridgehead atoms. The molecular formula is C23H21F2N3O4. The Kier molecular flexibility index (Phi) is 4.56. The van der Waals surface area contributed by atoms with Gasteiger partial charge in [-0.05, 0) is 55.7 Å². The predicted octanol–water partition coefficient (Wildman–Crippen LogP) is 2.52. The zero-order chi connectivity index (χ0) is 22.8. The smallest absolute Gasteiger partial charge is 0.328 e. The quantitative estimate of drug-likeness (QED) is 0.664. The number of anilines is 1. The molecule has 0 aromatic heterocycles. The standard InChI is InChI=1S/C23H21F2N3O4/c1-11-10-28-18-6-3-13(16-5-4-15(24)8-17(16)25)7-14(18)9-23(19(28)12(2)32-11)20(29)26-22(31)27-21(23)30/h3-8,11-12,19H,9-10H2,1-2H3,(H2,26,27,29,30,31)/t11-,12+,19-/m1/s1. The van der Waals surface area contributed by atoms with Gasteiger partial charge in [-0.1, -0.05) is 6.07 Å². The van der Waals surface area contributed by atoms with Gasteiger partial charge in [0.05, 0.1) is 18.2 Å². The van der Waals surface area contributed by atoms with Gasteiger partial charge in [0.1, 0.15) is 11.6 Å². The highest BCUT2D eigenvalue weighted by molar-refractivity contribution is 6.20. The number of hydrogen-bond donors (Lipinski definition) is 2. The summed E-state index contributed by atoms with van der Waals surface area (Å²) in [4.78, 5) is 40.0. The van der Waals surface area contributed by atoms with Crippen LogP contribution in [0.25, 0.3) is 11.1 Å². The number of benzene rings is 2. The molecule has 2 aromatic carbocycles. The maximum absolute atomic E-state index is 14.4. The van der Waals surface area contributed by atoms with E-state index in [4.69, 9.17) is 4.74 Å². The van der Waals surface area contributed by atoms with Crippen LogP contribution < -0.4 is 15.5 Å². The van der Waals surface area contributed by atoms with Gasteiger partial charge in [0.25, 0.3) is 0 Å². The highest BCUT2D eigenvalue weighted by Crippen LogP contribution is 2.47. The molecule has 7 nitrogen and oxygen atoms in total. The van der Waals surface area contributed by atoms with Gasteiger partial charge in [-0.15, -0.1) is 0 Å². The van der Waals surface area contributed by atoms with Crippen molar-refractivity contribution in [3.8, 4) is 11.1 Å². The van der Waals surface area contributed by atoms with Crippen LogP contribution in [0, 0.1) is 17.0 Å². The van der Waals surface area contributed by atoms with Crippen molar-refractivity contribution in [1.29, 1.82) is 0 Å². The van der Waals surface area contributed by atoms with Crippen LogP contribution >= 0.6 is 0 Å². The number of fused-ring (bicyclic) bond motifs is 4. The van der Waals surface area contributed by atoms with Gasteiger partial charge in [0.2, 0.25) is 11.8 Å². The maximum Gasteiger partial charge on any atom is 0.328 e. The molecule has 2 N–H and O–H groups in total. The molecule has 2 fully saturated rings. The van der Waals surface area contributed by atoms with E-state index >= 15 is 0 Å². The minimum Gasteiger partial charge on any atom is -0.372 e. The second kappa shape index (κ2) is 7.09. The van der Waals surface area contributed by atoms with Crippen LogP contribution in [0.2, 0.25) is 0 Å². The monoisotopic (exact) mass is 441 g/mol. The Morgan fingerprint density at radius 2 is 1.75 bits per heavy atom. The van der Waals surface area contributed by atoms with Crippen molar-refractivity contribution in [2.75, 3.05) is 11.4 Å². The number of halogens is 2. The summed E-state index contributed by atoms with van der Waals surface area (Å²) >= 11 is 0. The summed E-state index contributed by atoms with van der Waals surface area (Å²) < 4.78 is 33.8. The van der Waals surface area contributed by atoms with E-state index in [9.17, 15) is 23.2 Å². The molecule has 0 aliphatic carbocycles. The number of urea groups is 1. The molecule has 3 atom stereocenters. The van der Waals surface area contributed by atoms with Gasteiger partial charge in [-0.25, -0.2) is 13.6 Å². The number of morpholine rings is 1. The van der Waals surface area contributed by atoms with Crippen molar-refractivity contribution in [3.05, 3.63) is 53.6 Å². The fourth-order valence-electron chi connectivity index (χ4n) is 5.34. The van der Waals surface area contributed by atoms with Crippen LogP contribution in [0.4, 0.5) is 19.3 Å². The highest BCUT2D eigenvalue weighted by Gasteiger charge is 2.62. The SMILES string of the molecule is C[C@@H]1CN2c3ccc(-c4ccc(F)cc4F)cc3CC3(C(=O)NC(=O)NC3=O)[C@H]2[C@H](C)O1. The first kappa shape index (κ1) is 20.6. The zero-order valence-electron chi connectivity index (χ0n) is 17.4. The largest absolute Gasteiger partial charge is 0.372 e. The Balaban J connectivity index is 1.68. The third-order valence-corrected chi connectivity index (χ3v) is 6.55. The molecule has 2 aromatic rings. The normalized spacial score (nSPS) is 26.3. The van der Waals surface area contributed by atoms with Crippen molar-refractivity contribution in [2.24, 2.45) is 5.41 Å². The van der Waals surface area contributed by atoms with E-state index in [0.717, 1.165) is 11.8 Å². The summed E-state index contributed by atoms with van der Waals surface area (Å²) in [5, 5.41) is 4.47. The number of carbonyl (C=O) groups is 3. The molecule has 2 saturated heterocycles. The zero-order valence-corrected chi connectivity index (χ0v) is 17.4. The molecule has 3 aliphatic heterocycles. The minimum absolute atomic E-state index is 0.00712. The molecule has 4 amide bonds. The van der Waals surface area contributed by atoms with E-state index in [0.29, 0.717) is 17.7 Å². The molecule has 1 spiro atoms. The molecule has 3 aliphatic rings. The number of rotatable bonds is 1. The van der Waals surface area contributed by atoms with Crippen molar-refractivity contribution < 1.29 is 27.9 Å². The van der Waals surface area contributed by atoms with Crippen LogP contribution in [0.15, 0.2) is 36.4 Å². The Morgan fingerprint density at radius 1 is 1.03 bits per heavy atom. The number of hydrogen-bond acceptors (Lipinski definition) is 5. The van der Waals surface area contributed by atoms with Crippen molar-refractivity contribution in [1.82, 2.24) is 10.6 Å². The van der Waals surface area contributed by atoms with E-state index in [2.05, 4.69) is 10.6 Å². The van der Waals surface area contributed by atoms with Crippen LogP contribution in [-0.4, -0.2) is 42.6 Å². The number of ether oxygens (including phenoxy) is 1. The Hall–Kier alpha value is -3.33.